The number of alkyl halides is 1. The predicted octanol–water partition coefficient (Wildman–Crippen LogP) is 7.93. The Hall–Kier alpha value is -4.69. The largest absolute Gasteiger partial charge is 0.469 e. The number of esters is 1. The highest BCUT2D eigenvalue weighted by Crippen LogP contribution is 2.36. The van der Waals surface area contributed by atoms with Crippen molar-refractivity contribution in [2.24, 2.45) is 0 Å². The fraction of sp³-hybridized carbons (Fsp3) is 0.278. The van der Waals surface area contributed by atoms with E-state index in [0.29, 0.717) is 5.58 Å². The highest BCUT2D eigenvalue weighted by molar-refractivity contribution is 5.93. The predicted molar refractivity (Wildman–Crippen MR) is 167 cm³/mol. The molecule has 44 heavy (non-hydrogen) atoms. The number of furan rings is 1. The van der Waals surface area contributed by atoms with Crippen molar-refractivity contribution < 1.29 is 32.6 Å². The van der Waals surface area contributed by atoms with Crippen LogP contribution in [0.5, 0.6) is 0 Å². The van der Waals surface area contributed by atoms with E-state index in [1.54, 1.807) is 18.4 Å². The standard InChI is InChI=1S/C36H36FNO6/c1-35(2,3)44-34(40)38-22-24-9-8-12-28(17-24)30-19-25(18-29-14-16-42-33(29)30)23-43-31-20-27(26-10-6-5-7-11-26)13-15-36(31,37)21-32(39)41-4/h5-20,31H,21-23H2,1-4H3,(H,38,40). The lowest BCUT2D eigenvalue weighted by Gasteiger charge is -2.32. The van der Waals surface area contributed by atoms with Crippen molar-refractivity contribution in [2.45, 2.75) is 57.7 Å². The Kier molecular flexibility index (Phi) is 9.01. The van der Waals surface area contributed by atoms with Gasteiger partial charge in [0.2, 0.25) is 0 Å². The summed E-state index contributed by atoms with van der Waals surface area (Å²) in [5.74, 6) is -0.662. The summed E-state index contributed by atoms with van der Waals surface area (Å²) in [5, 5.41) is 3.66. The van der Waals surface area contributed by atoms with E-state index >= 15 is 4.39 Å². The SMILES string of the molecule is COC(=O)CC1(F)C=CC(c2ccccc2)=CC1OCc1cc(-c2cccc(CNC(=O)OC(C)(C)C)c2)c2occc2c1. The molecule has 1 aliphatic carbocycles. The van der Waals surface area contributed by atoms with E-state index in [2.05, 4.69) is 5.32 Å². The van der Waals surface area contributed by atoms with E-state index in [1.165, 1.54) is 13.2 Å². The molecule has 1 aromatic heterocycles. The van der Waals surface area contributed by atoms with Crippen molar-refractivity contribution in [2.75, 3.05) is 7.11 Å². The Morgan fingerprint density at radius 1 is 0.977 bits per heavy atom. The molecule has 0 fully saturated rings. The van der Waals surface area contributed by atoms with Gasteiger partial charge in [-0.25, -0.2) is 9.18 Å². The number of benzene rings is 3. The van der Waals surface area contributed by atoms with Crippen LogP contribution in [0.25, 0.3) is 27.7 Å². The smallest absolute Gasteiger partial charge is 0.407 e. The molecule has 1 amide bonds. The number of ether oxygens (including phenoxy) is 3. The molecule has 4 aromatic rings. The number of nitrogens with one attached hydrogen (secondary N) is 1. The number of rotatable bonds is 9. The van der Waals surface area contributed by atoms with E-state index in [-0.39, 0.29) is 13.2 Å². The van der Waals surface area contributed by atoms with Crippen molar-refractivity contribution in [3.8, 4) is 11.1 Å². The van der Waals surface area contributed by atoms with Gasteiger partial charge in [-0.1, -0.05) is 54.6 Å². The Morgan fingerprint density at radius 3 is 2.50 bits per heavy atom. The molecule has 1 N–H and O–H groups in total. The van der Waals surface area contributed by atoms with Crippen LogP contribution in [-0.2, 0) is 32.2 Å². The van der Waals surface area contributed by atoms with Gasteiger partial charge in [-0.15, -0.1) is 0 Å². The summed E-state index contributed by atoms with van der Waals surface area (Å²) in [6, 6.07) is 23.1. The summed E-state index contributed by atoms with van der Waals surface area (Å²) >= 11 is 0. The summed E-state index contributed by atoms with van der Waals surface area (Å²) in [6.07, 6.45) is 4.41. The first-order chi connectivity index (χ1) is 21.0. The molecule has 2 unspecified atom stereocenters. The topological polar surface area (TPSA) is 87.0 Å². The molecule has 8 heteroatoms. The molecule has 0 bridgehead atoms. The number of allylic oxidation sites excluding steroid dienone is 2. The number of hydrogen-bond donors (Lipinski definition) is 1. The zero-order valence-electron chi connectivity index (χ0n) is 25.3. The fourth-order valence-electron chi connectivity index (χ4n) is 5.11. The van der Waals surface area contributed by atoms with Gasteiger partial charge in [-0.2, -0.15) is 0 Å². The molecule has 0 spiro atoms. The van der Waals surface area contributed by atoms with Gasteiger partial charge in [0, 0.05) is 17.5 Å². The van der Waals surface area contributed by atoms with Gasteiger partial charge < -0.3 is 23.9 Å². The minimum atomic E-state index is -2.08. The van der Waals surface area contributed by atoms with Crippen LogP contribution >= 0.6 is 0 Å². The van der Waals surface area contributed by atoms with E-state index in [4.69, 9.17) is 18.6 Å². The average molecular weight is 598 g/mol. The minimum Gasteiger partial charge on any atom is -0.469 e. The number of carbonyl (C=O) groups excluding carboxylic acids is 2. The number of hydrogen-bond acceptors (Lipinski definition) is 6. The Bertz CT molecular complexity index is 1700. The van der Waals surface area contributed by atoms with E-state index in [1.807, 2.05) is 93.6 Å². The lowest BCUT2D eigenvalue weighted by Crippen LogP contribution is -2.40. The number of methoxy groups -OCH3 is 1. The zero-order chi connectivity index (χ0) is 31.3. The number of fused-ring (bicyclic) bond motifs is 1. The average Bonchev–Trinajstić information content (AvgIpc) is 3.48. The van der Waals surface area contributed by atoms with Crippen LogP contribution in [-0.4, -0.2) is 36.5 Å². The van der Waals surface area contributed by atoms with Gasteiger partial charge >= 0.3 is 12.1 Å². The van der Waals surface area contributed by atoms with Crippen molar-refractivity contribution in [1.82, 2.24) is 5.32 Å². The first kappa shape index (κ1) is 30.8. The molecule has 7 nitrogen and oxygen atoms in total. The minimum absolute atomic E-state index is 0.0813. The summed E-state index contributed by atoms with van der Waals surface area (Å²) in [7, 11) is 1.24. The fourth-order valence-corrected chi connectivity index (χ4v) is 5.11. The van der Waals surface area contributed by atoms with Crippen LogP contribution < -0.4 is 5.32 Å². The van der Waals surface area contributed by atoms with Crippen molar-refractivity contribution in [1.29, 1.82) is 0 Å². The van der Waals surface area contributed by atoms with Crippen LogP contribution in [0.15, 0.2) is 102 Å². The van der Waals surface area contributed by atoms with Gasteiger partial charge in [0.25, 0.3) is 0 Å². The van der Waals surface area contributed by atoms with E-state index < -0.39 is 35.9 Å². The third-order valence-electron chi connectivity index (χ3n) is 7.21. The monoisotopic (exact) mass is 597 g/mol. The van der Waals surface area contributed by atoms with Gasteiger partial charge in [0.1, 0.15) is 17.3 Å². The maximum atomic E-state index is 16.3. The second-order valence-electron chi connectivity index (χ2n) is 11.8. The number of amides is 1. The molecule has 0 saturated carbocycles. The second kappa shape index (κ2) is 12.9. The van der Waals surface area contributed by atoms with Crippen molar-refractivity contribution in [3.05, 3.63) is 114 Å². The summed E-state index contributed by atoms with van der Waals surface area (Å²) in [4.78, 5) is 24.3. The molecule has 0 saturated heterocycles. The zero-order valence-corrected chi connectivity index (χ0v) is 25.3. The van der Waals surface area contributed by atoms with Gasteiger partial charge in [-0.3, -0.25) is 4.79 Å². The molecule has 228 valence electrons. The van der Waals surface area contributed by atoms with E-state index in [9.17, 15) is 9.59 Å². The van der Waals surface area contributed by atoms with Crippen LogP contribution in [0.4, 0.5) is 9.18 Å². The maximum absolute atomic E-state index is 16.3. The van der Waals surface area contributed by atoms with Crippen LogP contribution in [0.1, 0.15) is 43.9 Å². The number of alkyl carbamates (subject to hydrolysis) is 1. The first-order valence-corrected chi connectivity index (χ1v) is 14.4. The Balaban J connectivity index is 1.40. The molecule has 0 radical (unpaired) electrons. The first-order valence-electron chi connectivity index (χ1n) is 14.4. The number of carbonyl (C=O) groups is 2. The highest BCUT2D eigenvalue weighted by atomic mass is 19.1. The normalized spacial score (nSPS) is 18.1. The molecular weight excluding hydrogens is 561 g/mol. The third kappa shape index (κ3) is 7.44. The van der Waals surface area contributed by atoms with Crippen molar-refractivity contribution in [3.63, 3.8) is 0 Å². The molecule has 3 aromatic carbocycles. The van der Waals surface area contributed by atoms with Gasteiger partial charge in [-0.05, 0) is 85.0 Å². The van der Waals surface area contributed by atoms with E-state index in [0.717, 1.165) is 38.8 Å². The quantitative estimate of drug-likeness (QED) is 0.197. The summed E-state index contributed by atoms with van der Waals surface area (Å²) in [6.45, 7) is 5.81. The van der Waals surface area contributed by atoms with Crippen LogP contribution in [0.2, 0.25) is 0 Å². The van der Waals surface area contributed by atoms with Crippen molar-refractivity contribution >= 4 is 28.6 Å². The molecular formula is C36H36FNO6. The summed E-state index contributed by atoms with van der Waals surface area (Å²) < 4.78 is 38.5. The van der Waals surface area contributed by atoms with Crippen LogP contribution in [0, 0.1) is 0 Å². The van der Waals surface area contributed by atoms with Gasteiger partial charge in [0.05, 0.1) is 26.4 Å². The lowest BCUT2D eigenvalue weighted by atomic mass is 9.86. The molecule has 0 aliphatic heterocycles. The molecule has 1 aliphatic rings. The third-order valence-corrected chi connectivity index (χ3v) is 7.21. The Morgan fingerprint density at radius 2 is 1.75 bits per heavy atom. The highest BCUT2D eigenvalue weighted by Gasteiger charge is 2.41. The Labute approximate surface area is 256 Å². The van der Waals surface area contributed by atoms with Crippen LogP contribution in [0.3, 0.4) is 0 Å². The maximum Gasteiger partial charge on any atom is 0.407 e. The van der Waals surface area contributed by atoms with Gasteiger partial charge in [0.15, 0.2) is 5.67 Å². The molecule has 1 heterocycles. The number of halogens is 1. The second-order valence-corrected chi connectivity index (χ2v) is 11.8. The lowest BCUT2D eigenvalue weighted by molar-refractivity contribution is -0.145. The molecule has 5 rings (SSSR count). The summed E-state index contributed by atoms with van der Waals surface area (Å²) in [5.41, 5.74) is 3.14. The molecule has 2 atom stereocenters.